The smallest absolute Gasteiger partial charge is 0.399 e. The molecule has 0 saturated carbocycles. The highest BCUT2D eigenvalue weighted by molar-refractivity contribution is 9.10. The molecular weight excluding hydrogens is 955 g/mol. The molecule has 70 heavy (non-hydrogen) atoms. The molecular formula is C52H52BBrN8O8. The molecule has 0 radical (unpaired) electrons. The van der Waals surface area contributed by atoms with Crippen molar-refractivity contribution >= 4 is 72.4 Å². The Morgan fingerprint density at radius 2 is 1.03 bits per heavy atom. The number of nitrogens with zero attached hydrogens (tertiary/aromatic N) is 4. The van der Waals surface area contributed by atoms with E-state index in [1.165, 1.54) is 5.56 Å². The van der Waals surface area contributed by atoms with Crippen molar-refractivity contribution < 1.29 is 18.4 Å². The number of benzene rings is 4. The van der Waals surface area contributed by atoms with Gasteiger partial charge in [0.15, 0.2) is 0 Å². The van der Waals surface area contributed by atoms with Gasteiger partial charge in [0.1, 0.15) is 11.5 Å². The number of hydrogen-bond donors (Lipinski definition) is 4. The summed E-state index contributed by atoms with van der Waals surface area (Å²) in [5, 5.41) is 10.1. The predicted octanol–water partition coefficient (Wildman–Crippen LogP) is 8.99. The van der Waals surface area contributed by atoms with Crippen LogP contribution in [0.2, 0.25) is 0 Å². The molecule has 18 heteroatoms. The summed E-state index contributed by atoms with van der Waals surface area (Å²) in [5.74, 6) is 1.44. The molecule has 0 aliphatic carbocycles. The predicted molar refractivity (Wildman–Crippen MR) is 278 cm³/mol. The van der Waals surface area contributed by atoms with E-state index in [0.29, 0.717) is 22.3 Å². The van der Waals surface area contributed by atoms with Crippen LogP contribution in [0, 0.1) is 41.5 Å². The van der Waals surface area contributed by atoms with Crippen LogP contribution >= 0.6 is 15.9 Å². The van der Waals surface area contributed by atoms with Gasteiger partial charge in [0, 0.05) is 63.6 Å². The highest BCUT2D eigenvalue weighted by atomic mass is 79.9. The number of aromatic amines is 4. The molecule has 11 rings (SSSR count). The van der Waals surface area contributed by atoms with Crippen LogP contribution in [0.3, 0.4) is 0 Å². The SMILES string of the molecule is Cc1ccc2c(ccc(=O)n2C)c1-c1cc(-c2c(C)noc2C)cc2[nH]c(=O)[nH]c12.Cc1ccc2c(ccc(=O)n2C)c1Br.Cc1noc(C)c1-c1cc(B2OC(C)(C)C(C)(C)O2)c2[nH]c(=O)[nH]c2c1. The molecule has 16 nitrogen and oxygen atoms in total. The van der Waals surface area contributed by atoms with Crippen molar-refractivity contribution in [1.82, 2.24) is 39.4 Å². The monoisotopic (exact) mass is 1010 g/mol. The zero-order chi connectivity index (χ0) is 50.3. The number of H-pyrrole nitrogens is 4. The van der Waals surface area contributed by atoms with E-state index in [4.69, 9.17) is 18.4 Å². The zero-order valence-electron chi connectivity index (χ0n) is 40.9. The topological polar surface area (TPSA) is 212 Å². The lowest BCUT2D eigenvalue weighted by atomic mass is 9.76. The van der Waals surface area contributed by atoms with E-state index in [-0.39, 0.29) is 22.5 Å². The Hall–Kier alpha value is -7.28. The first-order valence-corrected chi connectivity index (χ1v) is 23.4. The van der Waals surface area contributed by atoms with E-state index in [1.807, 2.05) is 130 Å². The lowest BCUT2D eigenvalue weighted by Gasteiger charge is -2.32. The molecule has 0 unspecified atom stereocenters. The molecule has 1 fully saturated rings. The van der Waals surface area contributed by atoms with Crippen molar-refractivity contribution in [2.45, 2.75) is 80.4 Å². The molecule has 4 N–H and O–H groups in total. The number of aromatic nitrogens is 8. The molecule has 1 aliphatic rings. The van der Waals surface area contributed by atoms with Crippen LogP contribution in [-0.2, 0) is 23.4 Å². The Labute approximate surface area is 409 Å². The van der Waals surface area contributed by atoms with Gasteiger partial charge in [-0.1, -0.05) is 28.5 Å². The summed E-state index contributed by atoms with van der Waals surface area (Å²) in [5.41, 5.74) is 13.1. The first-order valence-electron chi connectivity index (χ1n) is 22.6. The summed E-state index contributed by atoms with van der Waals surface area (Å²) in [7, 11) is 2.96. The van der Waals surface area contributed by atoms with E-state index in [0.717, 1.165) is 93.4 Å². The molecule has 1 aliphatic heterocycles. The molecule has 0 amide bonds. The van der Waals surface area contributed by atoms with Gasteiger partial charge in [-0.25, -0.2) is 9.59 Å². The highest BCUT2D eigenvalue weighted by Gasteiger charge is 2.52. The van der Waals surface area contributed by atoms with Crippen molar-refractivity contribution in [3.8, 4) is 33.4 Å². The van der Waals surface area contributed by atoms with Crippen LogP contribution in [0.4, 0.5) is 0 Å². The third-order valence-corrected chi connectivity index (χ3v) is 14.7. The standard InChI is InChI=1S/C23H20N4O3.C18H22BN3O4.C11H10BrNO/c1-11-5-7-18-15(6-8-19(28)27(18)4)20(11)16-9-14(21-12(2)26-30-13(21)3)10-17-22(16)25-23(29)24-17;1-9-14(10(2)24-22-9)11-7-12(15-13(8-11)20-16(23)21-15)19-25-17(3,4)18(5,6)26-19;1-7-3-5-9-8(11(7)12)4-6-10(14)13(9)2/h5-10H,1-4H3,(H2,24,25,29);7-8H,1-6H3,(H2,20,21,23);3-6H,1-2H3. The average Bonchev–Trinajstić information content (AvgIpc) is 4.10. The maximum atomic E-state index is 12.2. The number of fused-ring (bicyclic) bond motifs is 4. The Bertz CT molecular complexity index is 3920. The Balaban J connectivity index is 0.000000139. The average molecular weight is 1010 g/mol. The maximum Gasteiger partial charge on any atom is 0.497 e. The summed E-state index contributed by atoms with van der Waals surface area (Å²) >= 11 is 3.52. The summed E-state index contributed by atoms with van der Waals surface area (Å²) in [6.45, 7) is 19.6. The highest BCUT2D eigenvalue weighted by Crippen LogP contribution is 2.40. The number of imidazole rings is 2. The summed E-state index contributed by atoms with van der Waals surface area (Å²) in [4.78, 5) is 59.1. The lowest BCUT2D eigenvalue weighted by molar-refractivity contribution is 0.00578. The largest absolute Gasteiger partial charge is 0.497 e. The Kier molecular flexibility index (Phi) is 12.0. The number of hydrogen-bond acceptors (Lipinski definition) is 10. The Morgan fingerprint density at radius 1 is 0.557 bits per heavy atom. The fourth-order valence-corrected chi connectivity index (χ4v) is 9.66. The van der Waals surface area contributed by atoms with E-state index >= 15 is 0 Å². The number of halogens is 1. The normalized spacial score (nSPS) is 14.1. The fraction of sp³-hybridized carbons (Fsp3) is 0.269. The van der Waals surface area contributed by atoms with Gasteiger partial charge in [0.2, 0.25) is 0 Å². The minimum Gasteiger partial charge on any atom is -0.399 e. The molecule has 7 heterocycles. The summed E-state index contributed by atoms with van der Waals surface area (Å²) in [6, 6.07) is 22.6. The van der Waals surface area contributed by atoms with Gasteiger partial charge in [-0.3, -0.25) is 9.59 Å². The molecule has 6 aromatic heterocycles. The van der Waals surface area contributed by atoms with Crippen molar-refractivity contribution in [2.24, 2.45) is 14.1 Å². The molecule has 0 spiro atoms. The molecule has 358 valence electrons. The maximum absolute atomic E-state index is 12.2. The zero-order valence-corrected chi connectivity index (χ0v) is 42.5. The van der Waals surface area contributed by atoms with Gasteiger partial charge in [-0.15, -0.1) is 0 Å². The molecule has 4 aromatic carbocycles. The second-order valence-corrected chi connectivity index (χ2v) is 19.7. The minimum atomic E-state index is -0.589. The molecule has 1 saturated heterocycles. The summed E-state index contributed by atoms with van der Waals surface area (Å²) < 4.78 is 27.4. The number of rotatable bonds is 4. The second kappa shape index (κ2) is 17.6. The van der Waals surface area contributed by atoms with Crippen LogP contribution in [0.25, 0.3) is 77.3 Å². The fourth-order valence-electron chi connectivity index (χ4n) is 9.19. The van der Waals surface area contributed by atoms with Crippen molar-refractivity contribution in [3.05, 3.63) is 153 Å². The number of nitrogens with one attached hydrogen (secondary N) is 4. The van der Waals surface area contributed by atoms with Crippen LogP contribution in [0.5, 0.6) is 0 Å². The van der Waals surface area contributed by atoms with Gasteiger partial charge in [-0.2, -0.15) is 0 Å². The van der Waals surface area contributed by atoms with E-state index in [1.54, 1.807) is 35.4 Å². The van der Waals surface area contributed by atoms with Gasteiger partial charge in [0.05, 0.1) is 55.7 Å². The van der Waals surface area contributed by atoms with Gasteiger partial charge in [-0.05, 0) is 155 Å². The lowest BCUT2D eigenvalue weighted by Crippen LogP contribution is -2.41. The molecule has 10 aromatic rings. The second-order valence-electron chi connectivity index (χ2n) is 18.9. The van der Waals surface area contributed by atoms with Crippen molar-refractivity contribution in [2.75, 3.05) is 0 Å². The van der Waals surface area contributed by atoms with Crippen LogP contribution in [0.1, 0.15) is 61.7 Å². The van der Waals surface area contributed by atoms with E-state index in [2.05, 4.69) is 46.2 Å². The molecule has 0 bridgehead atoms. The van der Waals surface area contributed by atoms with E-state index in [9.17, 15) is 19.2 Å². The first kappa shape index (κ1) is 47.8. The van der Waals surface area contributed by atoms with Gasteiger partial charge in [0.25, 0.3) is 11.1 Å². The van der Waals surface area contributed by atoms with Gasteiger partial charge >= 0.3 is 18.5 Å². The molecule has 0 atom stereocenters. The van der Waals surface area contributed by atoms with Crippen LogP contribution in [0.15, 0.2) is 105 Å². The third kappa shape index (κ3) is 8.28. The van der Waals surface area contributed by atoms with Crippen molar-refractivity contribution in [1.29, 1.82) is 0 Å². The summed E-state index contributed by atoms with van der Waals surface area (Å²) in [6.07, 6.45) is 0. The Morgan fingerprint density at radius 3 is 1.56 bits per heavy atom. The number of pyridine rings is 2. The third-order valence-electron chi connectivity index (χ3n) is 13.7. The first-order chi connectivity index (χ1) is 33.0. The van der Waals surface area contributed by atoms with Crippen molar-refractivity contribution in [3.63, 3.8) is 0 Å². The van der Waals surface area contributed by atoms with Gasteiger partial charge < -0.3 is 47.4 Å². The van der Waals surface area contributed by atoms with Crippen LogP contribution < -0.4 is 28.0 Å². The quantitative estimate of drug-likeness (QED) is 0.123. The number of aryl methyl sites for hydroxylation is 8. The van der Waals surface area contributed by atoms with Crippen LogP contribution in [-0.4, -0.2) is 57.7 Å². The van der Waals surface area contributed by atoms with E-state index < -0.39 is 18.3 Å². The minimum absolute atomic E-state index is 0.0215.